The van der Waals surface area contributed by atoms with E-state index in [-0.39, 0.29) is 5.38 Å². The molecule has 0 aliphatic carbocycles. The minimum absolute atomic E-state index is 0.285. The normalized spacial score (nSPS) is 12.7. The second-order valence-corrected chi connectivity index (χ2v) is 4.59. The lowest BCUT2D eigenvalue weighted by atomic mass is 10.1. The Labute approximate surface area is 108 Å². The van der Waals surface area contributed by atoms with E-state index in [1.54, 1.807) is 24.5 Å². The molecule has 0 amide bonds. The van der Waals surface area contributed by atoms with E-state index in [1.165, 1.54) is 0 Å². The first kappa shape index (κ1) is 11.8. The summed E-state index contributed by atoms with van der Waals surface area (Å²) in [5.41, 5.74) is 0.934. The van der Waals surface area contributed by atoms with Crippen LogP contribution < -0.4 is 0 Å². The van der Waals surface area contributed by atoms with Crippen molar-refractivity contribution in [3.05, 3.63) is 52.2 Å². The molecule has 0 aliphatic rings. The van der Waals surface area contributed by atoms with Crippen molar-refractivity contribution in [2.24, 2.45) is 0 Å². The Hall–Kier alpha value is -0.700. The topological polar surface area (TPSA) is 26.0 Å². The van der Waals surface area contributed by atoms with Crippen LogP contribution >= 0.6 is 34.8 Å². The number of hydrogen-bond acceptors (Lipinski definition) is 2. The van der Waals surface area contributed by atoms with Crippen LogP contribution in [0.3, 0.4) is 0 Å². The molecule has 1 atom stereocenters. The molecule has 16 heavy (non-hydrogen) atoms. The lowest BCUT2D eigenvalue weighted by Crippen LogP contribution is -1.95. The van der Waals surface area contributed by atoms with Gasteiger partial charge < -0.3 is 4.42 Å². The molecule has 2 aromatic rings. The highest BCUT2D eigenvalue weighted by atomic mass is 35.5. The van der Waals surface area contributed by atoms with Crippen molar-refractivity contribution in [3.8, 4) is 0 Å². The molecule has 2 nitrogen and oxygen atoms in total. The number of furan rings is 1. The molecular weight excluding hydrogens is 268 g/mol. The molecule has 0 saturated heterocycles. The quantitative estimate of drug-likeness (QED) is 0.771. The number of rotatable bonds is 3. The van der Waals surface area contributed by atoms with Crippen molar-refractivity contribution in [2.45, 2.75) is 11.8 Å². The Morgan fingerprint density at radius 1 is 1.25 bits per heavy atom. The van der Waals surface area contributed by atoms with Crippen molar-refractivity contribution in [1.29, 1.82) is 0 Å². The lowest BCUT2D eigenvalue weighted by molar-refractivity contribution is 0.504. The lowest BCUT2D eigenvalue weighted by Gasteiger charge is -2.07. The van der Waals surface area contributed by atoms with E-state index in [4.69, 9.17) is 39.2 Å². The average molecular weight is 277 g/mol. The number of aromatic nitrogens is 1. The molecule has 0 spiro atoms. The van der Waals surface area contributed by atoms with Gasteiger partial charge in [0.1, 0.15) is 5.76 Å². The van der Waals surface area contributed by atoms with Crippen molar-refractivity contribution in [1.82, 2.24) is 4.98 Å². The predicted octanol–water partition coefficient (Wildman–Crippen LogP) is 4.50. The van der Waals surface area contributed by atoms with Gasteiger partial charge in [0.2, 0.25) is 0 Å². The Kier molecular flexibility index (Phi) is 3.74. The third-order valence-corrected chi connectivity index (χ3v) is 3.07. The minimum atomic E-state index is -0.285. The zero-order valence-corrected chi connectivity index (χ0v) is 10.4. The maximum atomic E-state index is 6.19. The first-order valence-electron chi connectivity index (χ1n) is 4.64. The number of hydrogen-bond donors (Lipinski definition) is 0. The van der Waals surface area contributed by atoms with E-state index in [2.05, 4.69) is 4.98 Å². The molecule has 2 heterocycles. The second-order valence-electron chi connectivity index (χ2n) is 3.28. The largest absolute Gasteiger partial charge is 0.448 e. The second kappa shape index (κ2) is 5.09. The number of pyridine rings is 1. The molecule has 84 valence electrons. The van der Waals surface area contributed by atoms with Crippen LogP contribution in [0.15, 0.2) is 35.0 Å². The molecule has 0 fully saturated rings. The Morgan fingerprint density at radius 3 is 2.69 bits per heavy atom. The van der Waals surface area contributed by atoms with Crippen LogP contribution in [0.2, 0.25) is 10.2 Å². The van der Waals surface area contributed by atoms with Crippen LogP contribution in [0.4, 0.5) is 0 Å². The van der Waals surface area contributed by atoms with E-state index < -0.39 is 0 Å². The highest BCUT2D eigenvalue weighted by molar-refractivity contribution is 6.31. The SMILES string of the molecule is Clc1ccc(C(Cl)Cc2ccncc2Cl)o1. The van der Waals surface area contributed by atoms with Crippen molar-refractivity contribution < 1.29 is 4.42 Å². The summed E-state index contributed by atoms with van der Waals surface area (Å²) in [6.45, 7) is 0. The van der Waals surface area contributed by atoms with E-state index in [9.17, 15) is 0 Å². The third kappa shape index (κ3) is 2.70. The summed E-state index contributed by atoms with van der Waals surface area (Å²) < 4.78 is 5.23. The van der Waals surface area contributed by atoms with Crippen LogP contribution in [-0.4, -0.2) is 4.98 Å². The van der Waals surface area contributed by atoms with Crippen molar-refractivity contribution in [3.63, 3.8) is 0 Å². The van der Waals surface area contributed by atoms with Gasteiger partial charge in [0, 0.05) is 12.4 Å². The standard InChI is InChI=1S/C11H8Cl3NO/c12-8(10-1-2-11(14)16-10)5-7-3-4-15-6-9(7)13/h1-4,6,8H,5H2. The van der Waals surface area contributed by atoms with Gasteiger partial charge in [-0.3, -0.25) is 4.98 Å². The molecule has 0 saturated carbocycles. The van der Waals surface area contributed by atoms with E-state index in [0.717, 1.165) is 5.56 Å². The van der Waals surface area contributed by atoms with Gasteiger partial charge in [-0.05, 0) is 41.8 Å². The molecule has 5 heteroatoms. The summed E-state index contributed by atoms with van der Waals surface area (Å²) in [5.74, 6) is 0.638. The summed E-state index contributed by atoms with van der Waals surface area (Å²) in [6.07, 6.45) is 3.85. The Bertz CT molecular complexity index is 484. The van der Waals surface area contributed by atoms with Gasteiger partial charge >= 0.3 is 0 Å². The molecule has 2 aromatic heterocycles. The average Bonchev–Trinajstić information content (AvgIpc) is 2.68. The first-order valence-corrected chi connectivity index (χ1v) is 5.84. The monoisotopic (exact) mass is 275 g/mol. The fourth-order valence-corrected chi connectivity index (χ4v) is 1.99. The van der Waals surface area contributed by atoms with Gasteiger partial charge in [0.05, 0.1) is 10.4 Å². The minimum Gasteiger partial charge on any atom is -0.448 e. The maximum absolute atomic E-state index is 6.19. The molecular formula is C11H8Cl3NO. The fraction of sp³-hybridized carbons (Fsp3) is 0.182. The van der Waals surface area contributed by atoms with Gasteiger partial charge in [0.25, 0.3) is 0 Å². The van der Waals surface area contributed by atoms with Gasteiger partial charge in [0.15, 0.2) is 5.22 Å². The van der Waals surface area contributed by atoms with Crippen LogP contribution in [0, 0.1) is 0 Å². The molecule has 0 N–H and O–H groups in total. The summed E-state index contributed by atoms with van der Waals surface area (Å²) in [4.78, 5) is 3.91. The zero-order chi connectivity index (χ0) is 11.5. The van der Waals surface area contributed by atoms with E-state index in [0.29, 0.717) is 22.4 Å². The molecule has 0 aromatic carbocycles. The van der Waals surface area contributed by atoms with Gasteiger partial charge in [-0.15, -0.1) is 11.6 Å². The molecule has 2 rings (SSSR count). The number of halogens is 3. The van der Waals surface area contributed by atoms with Crippen LogP contribution in [-0.2, 0) is 6.42 Å². The third-order valence-electron chi connectivity index (χ3n) is 2.16. The summed E-state index contributed by atoms with van der Waals surface area (Å²) in [7, 11) is 0. The summed E-state index contributed by atoms with van der Waals surface area (Å²) >= 11 is 17.9. The molecule has 0 radical (unpaired) electrons. The van der Waals surface area contributed by atoms with Crippen molar-refractivity contribution >= 4 is 34.8 Å². The maximum Gasteiger partial charge on any atom is 0.193 e. The highest BCUT2D eigenvalue weighted by Gasteiger charge is 2.14. The Balaban J connectivity index is 2.13. The predicted molar refractivity (Wildman–Crippen MR) is 65.3 cm³/mol. The number of nitrogens with zero attached hydrogens (tertiary/aromatic N) is 1. The van der Waals surface area contributed by atoms with Crippen LogP contribution in [0.25, 0.3) is 0 Å². The van der Waals surface area contributed by atoms with Gasteiger partial charge in [-0.2, -0.15) is 0 Å². The molecule has 1 unspecified atom stereocenters. The van der Waals surface area contributed by atoms with Crippen LogP contribution in [0.1, 0.15) is 16.7 Å². The smallest absolute Gasteiger partial charge is 0.193 e. The van der Waals surface area contributed by atoms with Gasteiger partial charge in [-0.1, -0.05) is 11.6 Å². The molecule has 0 bridgehead atoms. The highest BCUT2D eigenvalue weighted by Crippen LogP contribution is 2.30. The Morgan fingerprint density at radius 2 is 2.06 bits per heavy atom. The van der Waals surface area contributed by atoms with E-state index >= 15 is 0 Å². The fourth-order valence-electron chi connectivity index (χ4n) is 1.36. The number of alkyl halides is 1. The van der Waals surface area contributed by atoms with Gasteiger partial charge in [-0.25, -0.2) is 0 Å². The molecule has 0 aliphatic heterocycles. The van der Waals surface area contributed by atoms with Crippen molar-refractivity contribution in [2.75, 3.05) is 0 Å². The summed E-state index contributed by atoms with van der Waals surface area (Å²) in [6, 6.07) is 5.26. The van der Waals surface area contributed by atoms with E-state index in [1.807, 2.05) is 6.07 Å². The van der Waals surface area contributed by atoms with Crippen LogP contribution in [0.5, 0.6) is 0 Å². The first-order chi connectivity index (χ1) is 7.66. The zero-order valence-electron chi connectivity index (χ0n) is 8.16. The summed E-state index contributed by atoms with van der Waals surface area (Å²) in [5, 5.41) is 0.652.